The number of carboxylic acids is 1. The number of carboxylic acid groups (broad SMARTS) is 1. The Morgan fingerprint density at radius 3 is 2.61 bits per heavy atom. The predicted octanol–water partition coefficient (Wildman–Crippen LogP) is 2.68. The van der Waals surface area contributed by atoms with Crippen LogP contribution in [0, 0.1) is 5.92 Å². The molecule has 0 aliphatic carbocycles. The van der Waals surface area contributed by atoms with Crippen LogP contribution in [-0.2, 0) is 13.6 Å². The zero-order valence-electron chi connectivity index (χ0n) is 13.7. The lowest BCUT2D eigenvalue weighted by Gasteiger charge is -2.16. The summed E-state index contributed by atoms with van der Waals surface area (Å²) in [7, 11) is 1.58. The lowest BCUT2D eigenvalue weighted by Crippen LogP contribution is -2.40. The van der Waals surface area contributed by atoms with Crippen LogP contribution in [0.5, 0.6) is 0 Å². The molecule has 126 valence electrons. The molecule has 6 nitrogen and oxygen atoms in total. The molecule has 2 rings (SSSR count). The van der Waals surface area contributed by atoms with E-state index in [0.717, 1.165) is 37.0 Å². The molecule has 0 saturated heterocycles. The van der Waals surface area contributed by atoms with Gasteiger partial charge in [-0.15, -0.1) is 11.3 Å². The lowest BCUT2D eigenvalue weighted by atomic mass is 9.99. The second kappa shape index (κ2) is 7.12. The molecule has 0 aliphatic rings. The highest BCUT2D eigenvalue weighted by molar-refractivity contribution is 7.20. The minimum absolute atomic E-state index is 0.0721. The molecule has 2 aromatic rings. The first-order valence-corrected chi connectivity index (χ1v) is 8.68. The Kier molecular flexibility index (Phi) is 5.41. The summed E-state index contributed by atoms with van der Waals surface area (Å²) in [5.74, 6) is -0.811. The largest absolute Gasteiger partial charge is 0.477 e. The number of fused-ring (bicyclic) bond motifs is 1. The topological polar surface area (TPSA) is 81.3 Å². The first-order chi connectivity index (χ1) is 10.9. The van der Waals surface area contributed by atoms with E-state index in [2.05, 4.69) is 13.8 Å². The first-order valence-electron chi connectivity index (χ1n) is 7.87. The number of aryl methyl sites for hydroxylation is 1. The van der Waals surface area contributed by atoms with E-state index in [-0.39, 0.29) is 22.0 Å². The van der Waals surface area contributed by atoms with E-state index in [4.69, 9.17) is 5.11 Å². The number of rotatable bonds is 7. The van der Waals surface area contributed by atoms with Gasteiger partial charge in [-0.1, -0.05) is 33.1 Å². The molecule has 2 aromatic heterocycles. The Labute approximate surface area is 138 Å². The molecule has 0 aromatic carbocycles. The average Bonchev–Trinajstić information content (AvgIpc) is 2.98. The Balaban J connectivity index is 2.54. The molecule has 0 radical (unpaired) electrons. The highest BCUT2D eigenvalue weighted by atomic mass is 32.1. The van der Waals surface area contributed by atoms with E-state index in [9.17, 15) is 14.4 Å². The van der Waals surface area contributed by atoms with Crippen LogP contribution in [0.3, 0.4) is 0 Å². The summed E-state index contributed by atoms with van der Waals surface area (Å²) in [4.78, 5) is 36.7. The van der Waals surface area contributed by atoms with Crippen molar-refractivity contribution >= 4 is 27.5 Å². The van der Waals surface area contributed by atoms with Crippen molar-refractivity contribution in [3.63, 3.8) is 0 Å². The highest BCUT2D eigenvalue weighted by Crippen LogP contribution is 2.22. The van der Waals surface area contributed by atoms with Gasteiger partial charge in [0.2, 0.25) is 0 Å². The molecule has 2 heterocycles. The van der Waals surface area contributed by atoms with Gasteiger partial charge < -0.3 is 5.11 Å². The van der Waals surface area contributed by atoms with Crippen molar-refractivity contribution in [3.8, 4) is 0 Å². The average molecular weight is 338 g/mol. The molecule has 0 aliphatic heterocycles. The third kappa shape index (κ3) is 3.39. The zero-order valence-corrected chi connectivity index (χ0v) is 14.5. The van der Waals surface area contributed by atoms with Gasteiger partial charge in [0.15, 0.2) is 0 Å². The summed E-state index contributed by atoms with van der Waals surface area (Å²) in [6, 6.07) is 1.37. The number of thiophene rings is 1. The fourth-order valence-electron chi connectivity index (χ4n) is 2.73. The summed E-state index contributed by atoms with van der Waals surface area (Å²) in [5, 5.41) is 9.41. The van der Waals surface area contributed by atoms with Crippen LogP contribution in [0.15, 0.2) is 15.7 Å². The first kappa shape index (κ1) is 17.5. The molecule has 23 heavy (non-hydrogen) atoms. The van der Waals surface area contributed by atoms with E-state index >= 15 is 0 Å². The molecule has 0 fully saturated rings. The highest BCUT2D eigenvalue weighted by Gasteiger charge is 2.18. The number of aromatic nitrogens is 2. The van der Waals surface area contributed by atoms with Crippen LogP contribution >= 0.6 is 11.3 Å². The van der Waals surface area contributed by atoms with Gasteiger partial charge in [-0.3, -0.25) is 13.9 Å². The maximum atomic E-state index is 12.6. The molecule has 1 unspecified atom stereocenters. The lowest BCUT2D eigenvalue weighted by molar-refractivity contribution is 0.0702. The van der Waals surface area contributed by atoms with Gasteiger partial charge in [0.25, 0.3) is 5.56 Å². The molecule has 0 amide bonds. The Bertz CT molecular complexity index is 831. The Morgan fingerprint density at radius 2 is 2.04 bits per heavy atom. The normalized spacial score (nSPS) is 12.7. The van der Waals surface area contributed by atoms with Crippen molar-refractivity contribution in [1.82, 2.24) is 9.13 Å². The van der Waals surface area contributed by atoms with Crippen molar-refractivity contribution in [2.75, 3.05) is 0 Å². The smallest absolute Gasteiger partial charge is 0.345 e. The van der Waals surface area contributed by atoms with Gasteiger partial charge in [-0.2, -0.15) is 0 Å². The number of unbranched alkanes of at least 4 members (excludes halogenated alkanes) is 1. The van der Waals surface area contributed by atoms with Crippen molar-refractivity contribution in [2.24, 2.45) is 13.0 Å². The molecule has 1 atom stereocenters. The quantitative estimate of drug-likeness (QED) is 0.841. The van der Waals surface area contributed by atoms with Crippen LogP contribution in [0.1, 0.15) is 49.2 Å². The SMILES string of the molecule is CCCCC(CC)Cn1c(=O)c2cc(C(=O)O)sc2n(C)c1=O. The van der Waals surface area contributed by atoms with Crippen LogP contribution in [-0.4, -0.2) is 20.2 Å². The van der Waals surface area contributed by atoms with E-state index in [0.29, 0.717) is 16.8 Å². The number of hydrogen-bond donors (Lipinski definition) is 1. The monoisotopic (exact) mass is 338 g/mol. The van der Waals surface area contributed by atoms with Crippen LogP contribution in [0.4, 0.5) is 0 Å². The minimum atomic E-state index is -1.08. The van der Waals surface area contributed by atoms with Gasteiger partial charge in [-0.05, 0) is 18.4 Å². The molecule has 7 heteroatoms. The minimum Gasteiger partial charge on any atom is -0.477 e. The van der Waals surface area contributed by atoms with Crippen molar-refractivity contribution < 1.29 is 9.90 Å². The second-order valence-corrected chi connectivity index (χ2v) is 6.84. The Morgan fingerprint density at radius 1 is 1.35 bits per heavy atom. The fourth-order valence-corrected chi connectivity index (χ4v) is 3.67. The van der Waals surface area contributed by atoms with E-state index in [1.807, 2.05) is 0 Å². The van der Waals surface area contributed by atoms with Gasteiger partial charge >= 0.3 is 11.7 Å². The fraction of sp³-hybridized carbons (Fsp3) is 0.562. The molecule has 1 N–H and O–H groups in total. The summed E-state index contributed by atoms with van der Waals surface area (Å²) in [6.45, 7) is 4.56. The molecular formula is C16H22N2O4S. The van der Waals surface area contributed by atoms with Gasteiger partial charge in [0, 0.05) is 13.6 Å². The van der Waals surface area contributed by atoms with Crippen molar-refractivity contribution in [3.05, 3.63) is 31.8 Å². The summed E-state index contributed by atoms with van der Waals surface area (Å²) in [5.41, 5.74) is -0.766. The molecular weight excluding hydrogens is 316 g/mol. The van der Waals surface area contributed by atoms with Crippen LogP contribution in [0.2, 0.25) is 0 Å². The van der Waals surface area contributed by atoms with E-state index < -0.39 is 5.97 Å². The van der Waals surface area contributed by atoms with E-state index in [1.165, 1.54) is 15.2 Å². The maximum absolute atomic E-state index is 12.6. The van der Waals surface area contributed by atoms with Gasteiger partial charge in [-0.25, -0.2) is 9.59 Å². The predicted molar refractivity (Wildman–Crippen MR) is 91.6 cm³/mol. The zero-order chi connectivity index (χ0) is 17.1. The summed E-state index contributed by atoms with van der Waals surface area (Å²) >= 11 is 0.958. The summed E-state index contributed by atoms with van der Waals surface area (Å²) in [6.07, 6.45) is 4.02. The van der Waals surface area contributed by atoms with Crippen LogP contribution < -0.4 is 11.2 Å². The second-order valence-electron chi connectivity index (χ2n) is 5.81. The molecule has 0 bridgehead atoms. The number of nitrogens with zero attached hydrogens (tertiary/aromatic N) is 2. The number of aromatic carboxylic acids is 1. The van der Waals surface area contributed by atoms with Gasteiger partial charge in [0.05, 0.1) is 5.39 Å². The van der Waals surface area contributed by atoms with Crippen molar-refractivity contribution in [2.45, 2.75) is 46.1 Å². The van der Waals surface area contributed by atoms with Gasteiger partial charge in [0.1, 0.15) is 9.71 Å². The third-order valence-electron chi connectivity index (χ3n) is 4.21. The van der Waals surface area contributed by atoms with Crippen molar-refractivity contribution in [1.29, 1.82) is 0 Å². The third-order valence-corrected chi connectivity index (χ3v) is 5.40. The number of hydrogen-bond acceptors (Lipinski definition) is 4. The molecule has 0 saturated carbocycles. The standard InChI is InChI=1S/C16H22N2O4S/c1-4-6-7-10(5-2)9-18-13(19)11-8-12(15(20)21)23-14(11)17(3)16(18)22/h8,10H,4-7,9H2,1-3H3,(H,20,21). The Hall–Kier alpha value is -1.89. The van der Waals surface area contributed by atoms with Crippen LogP contribution in [0.25, 0.3) is 10.2 Å². The summed E-state index contributed by atoms with van der Waals surface area (Å²) < 4.78 is 2.63. The number of carbonyl (C=O) groups is 1. The molecule has 0 spiro atoms. The maximum Gasteiger partial charge on any atom is 0.345 e. The van der Waals surface area contributed by atoms with E-state index in [1.54, 1.807) is 7.05 Å².